The zero-order valence-electron chi connectivity index (χ0n) is 10.8. The van der Waals surface area contributed by atoms with Gasteiger partial charge in [0.2, 0.25) is 5.91 Å². The minimum atomic E-state index is -0.248. The zero-order valence-corrected chi connectivity index (χ0v) is 10.8. The molecule has 4 heteroatoms. The molecule has 0 radical (unpaired) electrons. The number of hydrogen-bond donors (Lipinski definition) is 1. The highest BCUT2D eigenvalue weighted by Crippen LogP contribution is 2.25. The van der Waals surface area contributed by atoms with Crippen molar-refractivity contribution in [3.8, 4) is 0 Å². The molecule has 3 nitrogen and oxygen atoms in total. The molecule has 1 amide bonds. The molecule has 1 fully saturated rings. The van der Waals surface area contributed by atoms with Gasteiger partial charge in [0.25, 0.3) is 0 Å². The van der Waals surface area contributed by atoms with E-state index in [1.54, 1.807) is 11.0 Å². The molecular formula is C14H19FN2O. The first-order valence-corrected chi connectivity index (χ1v) is 6.32. The lowest BCUT2D eigenvalue weighted by atomic mass is 10.1. The van der Waals surface area contributed by atoms with Crippen molar-refractivity contribution in [3.63, 3.8) is 0 Å². The summed E-state index contributed by atoms with van der Waals surface area (Å²) in [4.78, 5) is 13.6. The van der Waals surface area contributed by atoms with Crippen LogP contribution in [0.1, 0.15) is 31.4 Å². The number of nitrogens with zero attached hydrogens (tertiary/aromatic N) is 1. The van der Waals surface area contributed by atoms with E-state index in [-0.39, 0.29) is 17.8 Å². The van der Waals surface area contributed by atoms with Crippen molar-refractivity contribution in [2.75, 3.05) is 13.6 Å². The first-order valence-electron chi connectivity index (χ1n) is 6.32. The molecule has 18 heavy (non-hydrogen) atoms. The number of hydrogen-bond acceptors (Lipinski definition) is 2. The summed E-state index contributed by atoms with van der Waals surface area (Å²) in [7, 11) is 1.84. The quantitative estimate of drug-likeness (QED) is 0.868. The Morgan fingerprint density at radius 3 is 2.89 bits per heavy atom. The molecule has 0 bridgehead atoms. The third-order valence-corrected chi connectivity index (χ3v) is 3.40. The number of rotatable bonds is 5. The Bertz CT molecular complexity index is 432. The second kappa shape index (κ2) is 5.48. The summed E-state index contributed by atoms with van der Waals surface area (Å²) in [5, 5.41) is 3.13. The van der Waals surface area contributed by atoms with E-state index in [0.29, 0.717) is 12.6 Å². The van der Waals surface area contributed by atoms with Crippen LogP contribution < -0.4 is 5.32 Å². The molecule has 1 aromatic rings. The molecule has 0 spiro atoms. The molecule has 0 heterocycles. The Morgan fingerprint density at radius 2 is 2.28 bits per heavy atom. The second-order valence-electron chi connectivity index (χ2n) is 4.89. The molecule has 1 atom stereocenters. The highest BCUT2D eigenvalue weighted by Gasteiger charge is 2.29. The Hall–Kier alpha value is -1.42. The zero-order chi connectivity index (χ0) is 13.1. The lowest BCUT2D eigenvalue weighted by Gasteiger charge is -2.19. The van der Waals surface area contributed by atoms with Gasteiger partial charge in [0, 0.05) is 19.1 Å². The lowest BCUT2D eigenvalue weighted by Crippen LogP contribution is -2.37. The Kier molecular flexibility index (Phi) is 3.97. The molecule has 0 aliphatic heterocycles. The molecule has 1 saturated carbocycles. The van der Waals surface area contributed by atoms with E-state index in [4.69, 9.17) is 0 Å². The normalized spacial score (nSPS) is 16.4. The smallest absolute Gasteiger partial charge is 0.236 e. The van der Waals surface area contributed by atoms with Crippen molar-refractivity contribution in [3.05, 3.63) is 35.6 Å². The SMILES string of the molecule is C[C@H](NCC(=O)N(C)C1CC1)c1cccc(F)c1. The van der Waals surface area contributed by atoms with Crippen molar-refractivity contribution < 1.29 is 9.18 Å². The van der Waals surface area contributed by atoms with Crippen LogP contribution in [0, 0.1) is 5.82 Å². The van der Waals surface area contributed by atoms with E-state index >= 15 is 0 Å². The van der Waals surface area contributed by atoms with Crippen molar-refractivity contribution >= 4 is 5.91 Å². The molecule has 2 rings (SSSR count). The van der Waals surface area contributed by atoms with E-state index in [0.717, 1.165) is 18.4 Å². The topological polar surface area (TPSA) is 32.3 Å². The Labute approximate surface area is 107 Å². The number of nitrogens with one attached hydrogen (secondary N) is 1. The first kappa shape index (κ1) is 13.0. The Morgan fingerprint density at radius 1 is 1.56 bits per heavy atom. The number of carbonyl (C=O) groups excluding carboxylic acids is 1. The fourth-order valence-corrected chi connectivity index (χ4v) is 1.92. The molecule has 1 N–H and O–H groups in total. The van der Waals surface area contributed by atoms with E-state index in [2.05, 4.69) is 5.32 Å². The summed E-state index contributed by atoms with van der Waals surface area (Å²) in [5.74, 6) is -0.150. The minimum absolute atomic E-state index is 0.0303. The van der Waals surface area contributed by atoms with Crippen LogP contribution in [0.25, 0.3) is 0 Å². The fourth-order valence-electron chi connectivity index (χ4n) is 1.92. The van der Waals surface area contributed by atoms with Crippen molar-refractivity contribution in [1.29, 1.82) is 0 Å². The average molecular weight is 250 g/mol. The highest BCUT2D eigenvalue weighted by molar-refractivity contribution is 5.78. The molecule has 1 aliphatic rings. The van der Waals surface area contributed by atoms with Gasteiger partial charge in [-0.1, -0.05) is 12.1 Å². The standard InChI is InChI=1S/C14H19FN2O/c1-10(11-4-3-5-12(15)8-11)16-9-14(18)17(2)13-6-7-13/h3-5,8,10,13,16H,6-7,9H2,1-2H3/t10-/m0/s1. The van der Waals surface area contributed by atoms with Gasteiger partial charge < -0.3 is 10.2 Å². The maximum atomic E-state index is 13.1. The molecule has 0 saturated heterocycles. The summed E-state index contributed by atoms with van der Waals surface area (Å²) in [5.41, 5.74) is 0.858. The average Bonchev–Trinajstić information content (AvgIpc) is 3.18. The van der Waals surface area contributed by atoms with Crippen molar-refractivity contribution in [2.24, 2.45) is 0 Å². The van der Waals surface area contributed by atoms with Crippen LogP contribution in [0.3, 0.4) is 0 Å². The largest absolute Gasteiger partial charge is 0.342 e. The summed E-state index contributed by atoms with van der Waals surface area (Å²) in [6.07, 6.45) is 2.23. The van der Waals surface area contributed by atoms with E-state index in [1.807, 2.05) is 20.0 Å². The molecule has 1 aromatic carbocycles. The van der Waals surface area contributed by atoms with Gasteiger partial charge in [-0.05, 0) is 37.5 Å². The minimum Gasteiger partial charge on any atom is -0.342 e. The Balaban J connectivity index is 1.84. The summed E-state index contributed by atoms with van der Waals surface area (Å²) >= 11 is 0. The number of likely N-dealkylation sites (N-methyl/N-ethyl adjacent to an activating group) is 1. The predicted octanol–water partition coefficient (Wildman–Crippen LogP) is 2.10. The maximum absolute atomic E-state index is 13.1. The van der Waals surface area contributed by atoms with Gasteiger partial charge in [-0.15, -0.1) is 0 Å². The van der Waals surface area contributed by atoms with E-state index < -0.39 is 0 Å². The van der Waals surface area contributed by atoms with Crippen LogP contribution in [0.4, 0.5) is 4.39 Å². The van der Waals surface area contributed by atoms with Gasteiger partial charge in [0.05, 0.1) is 6.54 Å². The molecule has 1 aliphatic carbocycles. The van der Waals surface area contributed by atoms with Crippen LogP contribution in [0.15, 0.2) is 24.3 Å². The van der Waals surface area contributed by atoms with Gasteiger partial charge in [-0.25, -0.2) is 4.39 Å². The van der Waals surface area contributed by atoms with Crippen molar-refractivity contribution in [1.82, 2.24) is 10.2 Å². The van der Waals surface area contributed by atoms with Gasteiger partial charge in [-0.3, -0.25) is 4.79 Å². The maximum Gasteiger partial charge on any atom is 0.236 e. The molecular weight excluding hydrogens is 231 g/mol. The van der Waals surface area contributed by atoms with Gasteiger partial charge in [-0.2, -0.15) is 0 Å². The first-order chi connectivity index (χ1) is 8.58. The predicted molar refractivity (Wildman–Crippen MR) is 68.6 cm³/mol. The summed E-state index contributed by atoms with van der Waals surface area (Å²) in [6.45, 7) is 2.23. The van der Waals surface area contributed by atoms with Crippen LogP contribution in [-0.4, -0.2) is 30.4 Å². The third-order valence-electron chi connectivity index (χ3n) is 3.40. The lowest BCUT2D eigenvalue weighted by molar-refractivity contribution is -0.129. The van der Waals surface area contributed by atoms with Crippen molar-refractivity contribution in [2.45, 2.75) is 31.8 Å². The number of carbonyl (C=O) groups is 1. The van der Waals surface area contributed by atoms with Gasteiger partial charge in [0.15, 0.2) is 0 Å². The second-order valence-corrected chi connectivity index (χ2v) is 4.89. The van der Waals surface area contributed by atoms with Crippen LogP contribution >= 0.6 is 0 Å². The van der Waals surface area contributed by atoms with E-state index in [9.17, 15) is 9.18 Å². The number of amides is 1. The summed E-state index contributed by atoms with van der Waals surface area (Å²) in [6, 6.07) is 6.85. The van der Waals surface area contributed by atoms with Crippen LogP contribution in [-0.2, 0) is 4.79 Å². The highest BCUT2D eigenvalue weighted by atomic mass is 19.1. The molecule has 0 aromatic heterocycles. The van der Waals surface area contributed by atoms with Gasteiger partial charge >= 0.3 is 0 Å². The number of halogens is 1. The summed E-state index contributed by atoms with van der Waals surface area (Å²) < 4.78 is 13.1. The van der Waals surface area contributed by atoms with Crippen LogP contribution in [0.2, 0.25) is 0 Å². The fraction of sp³-hybridized carbons (Fsp3) is 0.500. The molecule has 98 valence electrons. The monoisotopic (exact) mass is 250 g/mol. The van der Waals surface area contributed by atoms with Gasteiger partial charge in [0.1, 0.15) is 5.82 Å². The van der Waals surface area contributed by atoms with Crippen LogP contribution in [0.5, 0.6) is 0 Å². The number of benzene rings is 1. The molecule has 0 unspecified atom stereocenters. The third kappa shape index (κ3) is 3.29. The van der Waals surface area contributed by atoms with E-state index in [1.165, 1.54) is 12.1 Å².